The molecule has 1 aliphatic rings. The van der Waals surface area contributed by atoms with Crippen LogP contribution in [0.4, 0.5) is 11.6 Å². The number of aromatic amines is 1. The van der Waals surface area contributed by atoms with Crippen LogP contribution < -0.4 is 16.6 Å². The summed E-state index contributed by atoms with van der Waals surface area (Å²) in [5.74, 6) is 0.535. The number of H-pyrrole nitrogens is 1. The second kappa shape index (κ2) is 3.48. The molecule has 5 nitrogen and oxygen atoms in total. The summed E-state index contributed by atoms with van der Waals surface area (Å²) in [5, 5.41) is 3.78. The highest BCUT2D eigenvalue weighted by Crippen LogP contribution is 2.46. The lowest BCUT2D eigenvalue weighted by Crippen LogP contribution is -2.16. The lowest BCUT2D eigenvalue weighted by atomic mass is 10.2. The maximum absolute atomic E-state index is 11.9. The molecule has 1 atom stereocenters. The molecular formula is C13H16N4O. The Bertz CT molecular complexity index is 674. The number of hydrogen-bond donors (Lipinski definition) is 3. The number of fused-ring (bicyclic) bond motifs is 1. The van der Waals surface area contributed by atoms with Gasteiger partial charge in [0.25, 0.3) is 5.56 Å². The second-order valence-electron chi connectivity index (χ2n) is 5.58. The number of anilines is 2. The normalized spacial score (nSPS) is 20.9. The van der Waals surface area contributed by atoms with Gasteiger partial charge in [-0.15, -0.1) is 0 Å². The summed E-state index contributed by atoms with van der Waals surface area (Å²) in [7, 11) is 0. The Labute approximate surface area is 104 Å². The van der Waals surface area contributed by atoms with Crippen LogP contribution in [0.3, 0.4) is 0 Å². The first kappa shape index (κ1) is 11.1. The lowest BCUT2D eigenvalue weighted by Gasteiger charge is -2.08. The SMILES string of the molecule is CC1(C)CC1Nc1nc2ccc(N)cc2c(=O)[nH]1. The van der Waals surface area contributed by atoms with E-state index in [9.17, 15) is 4.79 Å². The van der Waals surface area contributed by atoms with Crippen molar-refractivity contribution in [2.24, 2.45) is 5.41 Å². The van der Waals surface area contributed by atoms with Crippen molar-refractivity contribution in [3.8, 4) is 0 Å². The van der Waals surface area contributed by atoms with E-state index in [0.29, 0.717) is 28.6 Å². The minimum atomic E-state index is -0.159. The van der Waals surface area contributed by atoms with E-state index in [1.165, 1.54) is 0 Å². The monoisotopic (exact) mass is 244 g/mol. The zero-order valence-corrected chi connectivity index (χ0v) is 10.4. The van der Waals surface area contributed by atoms with Gasteiger partial charge >= 0.3 is 0 Å². The molecule has 4 N–H and O–H groups in total. The number of nitrogens with zero attached hydrogens (tertiary/aromatic N) is 1. The van der Waals surface area contributed by atoms with E-state index in [1.807, 2.05) is 0 Å². The van der Waals surface area contributed by atoms with Crippen LogP contribution in [0.15, 0.2) is 23.0 Å². The smallest absolute Gasteiger partial charge is 0.260 e. The van der Waals surface area contributed by atoms with Crippen LogP contribution in [0, 0.1) is 5.41 Å². The standard InChI is InChI=1S/C13H16N4O/c1-13(2)6-10(13)16-12-15-9-4-3-7(14)5-8(9)11(18)17-12/h3-5,10H,6,14H2,1-2H3,(H2,15,16,17,18). The molecule has 1 aliphatic carbocycles. The van der Waals surface area contributed by atoms with Crippen molar-refractivity contribution in [2.75, 3.05) is 11.1 Å². The third-order valence-corrected chi connectivity index (χ3v) is 3.55. The topological polar surface area (TPSA) is 83.8 Å². The minimum Gasteiger partial charge on any atom is -0.399 e. The van der Waals surface area contributed by atoms with Crippen LogP contribution in [0.2, 0.25) is 0 Å². The van der Waals surface area contributed by atoms with Crippen molar-refractivity contribution in [1.29, 1.82) is 0 Å². The molecule has 1 fully saturated rings. The Kier molecular flexibility index (Phi) is 2.14. The molecule has 0 spiro atoms. The average molecular weight is 244 g/mol. The van der Waals surface area contributed by atoms with Gasteiger partial charge < -0.3 is 11.1 Å². The molecule has 2 aromatic rings. The summed E-state index contributed by atoms with van der Waals surface area (Å²) in [6, 6.07) is 5.54. The Balaban J connectivity index is 2.00. The minimum absolute atomic E-state index is 0.159. The molecule has 0 aliphatic heterocycles. The van der Waals surface area contributed by atoms with Gasteiger partial charge in [0, 0.05) is 11.7 Å². The van der Waals surface area contributed by atoms with Crippen molar-refractivity contribution in [2.45, 2.75) is 26.3 Å². The van der Waals surface area contributed by atoms with Crippen LogP contribution in [0.25, 0.3) is 10.9 Å². The van der Waals surface area contributed by atoms with Crippen molar-refractivity contribution >= 4 is 22.5 Å². The molecule has 1 aromatic heterocycles. The van der Waals surface area contributed by atoms with E-state index in [4.69, 9.17) is 5.73 Å². The molecule has 1 heterocycles. The van der Waals surface area contributed by atoms with Gasteiger partial charge in [0.1, 0.15) is 0 Å². The zero-order chi connectivity index (χ0) is 12.9. The molecule has 0 radical (unpaired) electrons. The molecule has 0 saturated heterocycles. The van der Waals surface area contributed by atoms with Crippen LogP contribution in [0.1, 0.15) is 20.3 Å². The number of nitrogens with two attached hydrogens (primary N) is 1. The molecule has 18 heavy (non-hydrogen) atoms. The van der Waals surface area contributed by atoms with E-state index in [2.05, 4.69) is 29.1 Å². The van der Waals surface area contributed by atoms with E-state index in [1.54, 1.807) is 18.2 Å². The number of nitrogens with one attached hydrogen (secondary N) is 2. The predicted molar refractivity (Wildman–Crippen MR) is 72.6 cm³/mol. The van der Waals surface area contributed by atoms with Gasteiger partial charge in [0.05, 0.1) is 10.9 Å². The summed E-state index contributed by atoms with van der Waals surface area (Å²) in [4.78, 5) is 19.1. The van der Waals surface area contributed by atoms with Crippen LogP contribution in [0.5, 0.6) is 0 Å². The summed E-state index contributed by atoms with van der Waals surface area (Å²) < 4.78 is 0. The van der Waals surface area contributed by atoms with E-state index in [-0.39, 0.29) is 11.0 Å². The maximum Gasteiger partial charge on any atom is 0.260 e. The Morgan fingerprint density at radius 3 is 2.89 bits per heavy atom. The first-order valence-corrected chi connectivity index (χ1v) is 6.02. The molecule has 0 bridgehead atoms. The predicted octanol–water partition coefficient (Wildman–Crippen LogP) is 1.72. The largest absolute Gasteiger partial charge is 0.399 e. The molecule has 0 amide bonds. The molecule has 3 rings (SSSR count). The fraction of sp³-hybridized carbons (Fsp3) is 0.385. The highest BCUT2D eigenvalue weighted by molar-refractivity contribution is 5.81. The number of aromatic nitrogens is 2. The van der Waals surface area contributed by atoms with Gasteiger partial charge in [-0.1, -0.05) is 13.8 Å². The zero-order valence-electron chi connectivity index (χ0n) is 10.4. The summed E-state index contributed by atoms with van der Waals surface area (Å²) in [5.41, 5.74) is 7.02. The third-order valence-electron chi connectivity index (χ3n) is 3.55. The Hall–Kier alpha value is -2.04. The first-order valence-electron chi connectivity index (χ1n) is 6.02. The number of nitrogen functional groups attached to an aromatic ring is 1. The molecule has 94 valence electrons. The molecule has 1 saturated carbocycles. The highest BCUT2D eigenvalue weighted by Gasteiger charge is 2.46. The van der Waals surface area contributed by atoms with Gasteiger partial charge in [0.15, 0.2) is 0 Å². The number of rotatable bonds is 2. The Morgan fingerprint density at radius 1 is 1.50 bits per heavy atom. The second-order valence-corrected chi connectivity index (χ2v) is 5.58. The summed E-state index contributed by atoms with van der Waals surface area (Å²) in [6.07, 6.45) is 1.09. The van der Waals surface area contributed by atoms with Gasteiger partial charge in [0.2, 0.25) is 5.95 Å². The maximum atomic E-state index is 11.9. The number of benzene rings is 1. The van der Waals surface area contributed by atoms with E-state index < -0.39 is 0 Å². The fourth-order valence-corrected chi connectivity index (χ4v) is 2.10. The van der Waals surface area contributed by atoms with Crippen molar-refractivity contribution < 1.29 is 0 Å². The highest BCUT2D eigenvalue weighted by atomic mass is 16.1. The van der Waals surface area contributed by atoms with Crippen molar-refractivity contribution in [1.82, 2.24) is 9.97 Å². The van der Waals surface area contributed by atoms with Crippen LogP contribution >= 0.6 is 0 Å². The van der Waals surface area contributed by atoms with Gasteiger partial charge in [-0.05, 0) is 30.0 Å². The molecule has 1 unspecified atom stereocenters. The summed E-state index contributed by atoms with van der Waals surface area (Å²) >= 11 is 0. The Morgan fingerprint density at radius 2 is 2.22 bits per heavy atom. The van der Waals surface area contributed by atoms with Crippen molar-refractivity contribution in [3.63, 3.8) is 0 Å². The quantitative estimate of drug-likeness (QED) is 0.702. The first-order chi connectivity index (χ1) is 8.45. The van der Waals surface area contributed by atoms with Crippen LogP contribution in [-0.2, 0) is 0 Å². The van der Waals surface area contributed by atoms with E-state index in [0.717, 1.165) is 6.42 Å². The van der Waals surface area contributed by atoms with Gasteiger partial charge in [-0.3, -0.25) is 9.78 Å². The molecule has 5 heteroatoms. The van der Waals surface area contributed by atoms with Crippen LogP contribution in [-0.4, -0.2) is 16.0 Å². The number of hydrogen-bond acceptors (Lipinski definition) is 4. The van der Waals surface area contributed by atoms with Gasteiger partial charge in [-0.25, -0.2) is 4.98 Å². The average Bonchev–Trinajstić information content (AvgIpc) is 2.87. The fourth-order valence-electron chi connectivity index (χ4n) is 2.10. The molecule has 1 aromatic carbocycles. The van der Waals surface area contributed by atoms with Crippen molar-refractivity contribution in [3.05, 3.63) is 28.6 Å². The lowest BCUT2D eigenvalue weighted by molar-refractivity contribution is 0.629. The van der Waals surface area contributed by atoms with E-state index >= 15 is 0 Å². The molecular weight excluding hydrogens is 228 g/mol. The van der Waals surface area contributed by atoms with Gasteiger partial charge in [-0.2, -0.15) is 0 Å². The summed E-state index contributed by atoms with van der Waals surface area (Å²) in [6.45, 7) is 4.37. The third kappa shape index (κ3) is 1.81.